The summed E-state index contributed by atoms with van der Waals surface area (Å²) in [4.78, 5) is 26.4. The zero-order valence-electron chi connectivity index (χ0n) is 22.3. The maximum atomic E-state index is 13.8. The third-order valence-electron chi connectivity index (χ3n) is 9.26. The van der Waals surface area contributed by atoms with E-state index in [4.69, 9.17) is 4.74 Å². The minimum Gasteiger partial charge on any atom is -0.487 e. The van der Waals surface area contributed by atoms with Gasteiger partial charge in [-0.3, -0.25) is 4.79 Å². The Hall–Kier alpha value is -3.55. The van der Waals surface area contributed by atoms with E-state index in [9.17, 15) is 27.9 Å². The largest absolute Gasteiger partial charge is 0.487 e. The Labute approximate surface area is 230 Å². The molecule has 0 radical (unpaired) electrons. The fraction of sp³-hybridized carbons (Fsp3) is 0.438. The van der Waals surface area contributed by atoms with Gasteiger partial charge in [-0.2, -0.15) is 13.2 Å². The van der Waals surface area contributed by atoms with Crippen molar-refractivity contribution in [2.45, 2.75) is 64.3 Å². The molecule has 4 aliphatic carbocycles. The van der Waals surface area contributed by atoms with Crippen molar-refractivity contribution in [1.82, 2.24) is 5.32 Å². The van der Waals surface area contributed by atoms with Crippen LogP contribution in [0.5, 0.6) is 5.75 Å². The number of amides is 1. The van der Waals surface area contributed by atoms with Gasteiger partial charge in [-0.25, -0.2) is 4.79 Å². The molecule has 2 N–H and O–H groups in total. The van der Waals surface area contributed by atoms with Crippen LogP contribution in [0.3, 0.4) is 0 Å². The van der Waals surface area contributed by atoms with Crippen molar-refractivity contribution in [3.05, 3.63) is 76.9 Å². The summed E-state index contributed by atoms with van der Waals surface area (Å²) in [6.45, 7) is 1.90. The number of ether oxygens (including phenoxy) is 1. The van der Waals surface area contributed by atoms with Gasteiger partial charge >= 0.3 is 12.1 Å². The number of carbonyl (C=O) groups excluding carboxylic acids is 1. The van der Waals surface area contributed by atoms with E-state index in [0.717, 1.165) is 61.6 Å². The summed E-state index contributed by atoms with van der Waals surface area (Å²) in [5, 5.41) is 14.7. The van der Waals surface area contributed by atoms with E-state index in [1.165, 1.54) is 12.1 Å². The summed E-state index contributed by atoms with van der Waals surface area (Å²) in [5.41, 5.74) is 0.554. The number of hydrogen-bond donors (Lipinski definition) is 2. The van der Waals surface area contributed by atoms with Gasteiger partial charge in [0.1, 0.15) is 18.4 Å². The van der Waals surface area contributed by atoms with E-state index in [1.54, 1.807) is 6.07 Å². The van der Waals surface area contributed by atoms with Crippen LogP contribution in [0.15, 0.2) is 54.6 Å². The molecule has 4 saturated carbocycles. The van der Waals surface area contributed by atoms with Gasteiger partial charge in [0.15, 0.2) is 0 Å². The number of rotatable bonds is 7. The second kappa shape index (κ2) is 9.82. The van der Waals surface area contributed by atoms with Crippen molar-refractivity contribution in [3.8, 4) is 5.75 Å². The molecule has 0 heterocycles. The lowest BCUT2D eigenvalue weighted by Crippen LogP contribution is -2.59. The minimum absolute atomic E-state index is 0.0528. The summed E-state index contributed by atoms with van der Waals surface area (Å²) >= 11 is 0. The molecule has 1 atom stereocenters. The van der Waals surface area contributed by atoms with Crippen molar-refractivity contribution >= 4 is 22.6 Å². The quantitative estimate of drug-likeness (QED) is 0.327. The van der Waals surface area contributed by atoms with E-state index in [1.807, 2.05) is 31.2 Å². The van der Waals surface area contributed by atoms with Crippen LogP contribution in [0.25, 0.3) is 10.8 Å². The van der Waals surface area contributed by atoms with E-state index < -0.39 is 35.1 Å². The van der Waals surface area contributed by atoms with E-state index in [-0.39, 0.29) is 17.9 Å². The smallest absolute Gasteiger partial charge is 0.416 e. The van der Waals surface area contributed by atoms with Gasteiger partial charge in [0.25, 0.3) is 5.91 Å². The number of halogens is 3. The number of alkyl halides is 3. The average Bonchev–Trinajstić information content (AvgIpc) is 2.88. The van der Waals surface area contributed by atoms with Gasteiger partial charge in [0.2, 0.25) is 0 Å². The van der Waals surface area contributed by atoms with Crippen molar-refractivity contribution in [2.24, 2.45) is 23.2 Å². The monoisotopic (exact) mass is 551 g/mol. The number of benzene rings is 3. The van der Waals surface area contributed by atoms with E-state index >= 15 is 0 Å². The first-order chi connectivity index (χ1) is 19.0. The fourth-order valence-corrected chi connectivity index (χ4v) is 7.92. The first-order valence-electron chi connectivity index (χ1n) is 13.9. The molecule has 5 nitrogen and oxygen atoms in total. The lowest BCUT2D eigenvalue weighted by atomic mass is 9.47. The predicted molar refractivity (Wildman–Crippen MR) is 144 cm³/mol. The number of nitrogens with one attached hydrogen (secondary N) is 1. The van der Waals surface area contributed by atoms with Crippen LogP contribution in [-0.2, 0) is 17.6 Å². The first-order valence-corrected chi connectivity index (χ1v) is 13.9. The molecule has 4 fully saturated rings. The second-order valence-corrected chi connectivity index (χ2v) is 12.2. The van der Waals surface area contributed by atoms with Crippen LogP contribution in [-0.4, -0.2) is 23.0 Å². The Kier molecular flexibility index (Phi) is 6.55. The van der Waals surface area contributed by atoms with Crippen molar-refractivity contribution < 1.29 is 32.6 Å². The molecule has 0 saturated heterocycles. The molecule has 0 aliphatic heterocycles. The molecule has 8 heteroatoms. The molecule has 1 amide bonds. The van der Waals surface area contributed by atoms with Gasteiger partial charge in [0, 0.05) is 10.8 Å². The Morgan fingerprint density at radius 1 is 0.975 bits per heavy atom. The third kappa shape index (κ3) is 4.93. The standard InChI is InChI=1S/C32H32F3NO4/c1-18-2-8-25-23(10-18)5-9-26(27(25)40-17-19-3-6-24(7-4-19)32(33,34)35)29(37)36-28(30(38)39)31-14-20-11-21(15-31)13-22(12-20)16-31/h2-10,20-22,28H,11-17H2,1H3,(H,36,37)(H,38,39)/t20?,21?,22?,28-,31?/m1/s1. The van der Waals surface area contributed by atoms with Crippen LogP contribution < -0.4 is 10.1 Å². The lowest BCUT2D eigenvalue weighted by molar-refractivity contribution is -0.150. The number of hydrogen-bond acceptors (Lipinski definition) is 3. The summed E-state index contributed by atoms with van der Waals surface area (Å²) in [6, 6.07) is 12.9. The van der Waals surface area contributed by atoms with Crippen LogP contribution in [0, 0.1) is 30.1 Å². The Morgan fingerprint density at radius 2 is 1.60 bits per heavy atom. The van der Waals surface area contributed by atoms with Gasteiger partial charge < -0.3 is 15.2 Å². The highest BCUT2D eigenvalue weighted by Crippen LogP contribution is 2.61. The molecule has 3 aromatic carbocycles. The highest BCUT2D eigenvalue weighted by Gasteiger charge is 2.56. The van der Waals surface area contributed by atoms with Gasteiger partial charge in [0.05, 0.1) is 11.1 Å². The predicted octanol–water partition coefficient (Wildman–Crippen LogP) is 7.15. The second-order valence-electron chi connectivity index (χ2n) is 12.2. The van der Waals surface area contributed by atoms with Crippen molar-refractivity contribution in [2.75, 3.05) is 0 Å². The molecular formula is C32H32F3NO4. The molecular weight excluding hydrogens is 519 g/mol. The Balaban J connectivity index is 1.30. The SMILES string of the molecule is Cc1ccc2c(OCc3ccc(C(F)(F)F)cc3)c(C(=O)N[C@H](C(=O)O)C34CC5CC(CC(C5)C3)C4)ccc2c1. The maximum Gasteiger partial charge on any atom is 0.416 e. The summed E-state index contributed by atoms with van der Waals surface area (Å²) < 4.78 is 45.1. The summed E-state index contributed by atoms with van der Waals surface area (Å²) in [6.07, 6.45) is 1.51. The van der Waals surface area contributed by atoms with Crippen LogP contribution in [0.2, 0.25) is 0 Å². The molecule has 4 bridgehead atoms. The third-order valence-corrected chi connectivity index (χ3v) is 9.26. The van der Waals surface area contributed by atoms with E-state index in [0.29, 0.717) is 28.7 Å². The fourth-order valence-electron chi connectivity index (χ4n) is 7.92. The number of aryl methyl sites for hydroxylation is 1. The maximum absolute atomic E-state index is 13.8. The molecule has 210 valence electrons. The molecule has 0 spiro atoms. The van der Waals surface area contributed by atoms with Crippen LogP contribution in [0.1, 0.15) is 65.6 Å². The summed E-state index contributed by atoms with van der Waals surface area (Å²) in [5.74, 6) is 0.321. The lowest BCUT2D eigenvalue weighted by Gasteiger charge is -2.58. The molecule has 40 heavy (non-hydrogen) atoms. The van der Waals surface area contributed by atoms with Crippen LogP contribution in [0.4, 0.5) is 13.2 Å². The molecule has 0 aromatic heterocycles. The highest BCUT2D eigenvalue weighted by atomic mass is 19.4. The molecule has 7 rings (SSSR count). The normalized spacial score (nSPS) is 26.1. The topological polar surface area (TPSA) is 75.6 Å². The Bertz CT molecular complexity index is 1430. The number of carboxylic acids is 1. The van der Waals surface area contributed by atoms with Crippen molar-refractivity contribution in [1.29, 1.82) is 0 Å². The van der Waals surface area contributed by atoms with Crippen molar-refractivity contribution in [3.63, 3.8) is 0 Å². The van der Waals surface area contributed by atoms with E-state index in [2.05, 4.69) is 5.32 Å². The highest BCUT2D eigenvalue weighted by molar-refractivity contribution is 6.05. The molecule has 3 aromatic rings. The van der Waals surface area contributed by atoms with Gasteiger partial charge in [-0.1, -0.05) is 42.0 Å². The zero-order chi connectivity index (χ0) is 28.2. The Morgan fingerprint density at radius 3 is 2.17 bits per heavy atom. The number of aliphatic carboxylic acids is 1. The molecule has 4 aliphatic rings. The van der Waals surface area contributed by atoms with Gasteiger partial charge in [-0.05, 0) is 92.4 Å². The number of fused-ring (bicyclic) bond motifs is 1. The first kappa shape index (κ1) is 26.7. The van der Waals surface area contributed by atoms with Gasteiger partial charge in [-0.15, -0.1) is 0 Å². The average molecular weight is 552 g/mol. The molecule has 0 unspecified atom stereocenters. The number of carboxylic acid groups (broad SMARTS) is 1. The summed E-state index contributed by atoms with van der Waals surface area (Å²) in [7, 11) is 0. The van der Waals surface area contributed by atoms with Crippen LogP contribution >= 0.6 is 0 Å². The number of carbonyl (C=O) groups is 2. The minimum atomic E-state index is -4.44. The zero-order valence-corrected chi connectivity index (χ0v) is 22.3.